The van der Waals surface area contributed by atoms with Gasteiger partial charge in [-0.05, 0) is 63.3 Å². The second-order valence-electron chi connectivity index (χ2n) is 12.2. The molecule has 1 aliphatic heterocycles. The van der Waals surface area contributed by atoms with Gasteiger partial charge in [0.15, 0.2) is 0 Å². The van der Waals surface area contributed by atoms with E-state index in [0.29, 0.717) is 36.1 Å². The van der Waals surface area contributed by atoms with Gasteiger partial charge in [0.05, 0.1) is 23.7 Å². The van der Waals surface area contributed by atoms with Crippen molar-refractivity contribution in [1.82, 2.24) is 20.4 Å². The molecular weight excluding hydrogens is 478 g/mol. The van der Waals surface area contributed by atoms with Gasteiger partial charge in [0.1, 0.15) is 0 Å². The van der Waals surface area contributed by atoms with E-state index in [9.17, 15) is 9.59 Å². The summed E-state index contributed by atoms with van der Waals surface area (Å²) in [5.74, 6) is 0.603. The molecule has 8 nitrogen and oxygen atoms in total. The van der Waals surface area contributed by atoms with Crippen LogP contribution < -0.4 is 10.6 Å². The maximum Gasteiger partial charge on any atom is 0.253 e. The Morgan fingerprint density at radius 3 is 2.42 bits per heavy atom. The lowest BCUT2D eigenvalue weighted by molar-refractivity contribution is -0.121. The van der Waals surface area contributed by atoms with Gasteiger partial charge >= 0.3 is 0 Å². The quantitative estimate of drug-likeness (QED) is 0.453. The zero-order chi connectivity index (χ0) is 27.5. The summed E-state index contributed by atoms with van der Waals surface area (Å²) in [5.41, 5.74) is 2.85. The van der Waals surface area contributed by atoms with Gasteiger partial charge in [-0.1, -0.05) is 62.3 Å². The fourth-order valence-electron chi connectivity index (χ4n) is 4.59. The second kappa shape index (κ2) is 11.1. The molecule has 4 rings (SSSR count). The summed E-state index contributed by atoms with van der Waals surface area (Å²) in [6.45, 7) is 14.3. The van der Waals surface area contributed by atoms with Crippen molar-refractivity contribution in [3.63, 3.8) is 0 Å². The van der Waals surface area contributed by atoms with Gasteiger partial charge in [0.25, 0.3) is 5.91 Å². The molecule has 1 unspecified atom stereocenters. The number of amides is 2. The minimum atomic E-state index is -0.372. The van der Waals surface area contributed by atoms with E-state index in [4.69, 9.17) is 4.52 Å². The highest BCUT2D eigenvalue weighted by Gasteiger charge is 2.28. The second-order valence-corrected chi connectivity index (χ2v) is 12.2. The van der Waals surface area contributed by atoms with Gasteiger partial charge in [0, 0.05) is 17.6 Å². The van der Waals surface area contributed by atoms with Gasteiger partial charge in [0.2, 0.25) is 17.6 Å². The number of hydrogen-bond acceptors (Lipinski definition) is 6. The molecule has 0 aliphatic carbocycles. The highest BCUT2D eigenvalue weighted by Crippen LogP contribution is 2.26. The van der Waals surface area contributed by atoms with Crippen molar-refractivity contribution >= 4 is 17.5 Å². The van der Waals surface area contributed by atoms with Crippen LogP contribution in [0.5, 0.6) is 0 Å². The lowest BCUT2D eigenvalue weighted by Gasteiger charge is -2.31. The minimum Gasteiger partial charge on any atom is -0.347 e. The summed E-state index contributed by atoms with van der Waals surface area (Å²) in [4.78, 5) is 32.7. The Morgan fingerprint density at radius 1 is 1.03 bits per heavy atom. The Hall–Kier alpha value is -3.52. The lowest BCUT2D eigenvalue weighted by Crippen LogP contribution is -2.42. The van der Waals surface area contributed by atoms with Crippen molar-refractivity contribution in [2.75, 3.05) is 18.4 Å². The smallest absolute Gasteiger partial charge is 0.253 e. The third-order valence-electron chi connectivity index (χ3n) is 6.63. The monoisotopic (exact) mass is 517 g/mol. The first-order chi connectivity index (χ1) is 17.9. The van der Waals surface area contributed by atoms with Crippen molar-refractivity contribution < 1.29 is 14.1 Å². The van der Waals surface area contributed by atoms with Gasteiger partial charge in [-0.25, -0.2) is 0 Å². The molecule has 2 N–H and O–H groups in total. The van der Waals surface area contributed by atoms with E-state index in [2.05, 4.69) is 58.6 Å². The van der Waals surface area contributed by atoms with Crippen LogP contribution in [0.4, 0.5) is 5.69 Å². The summed E-state index contributed by atoms with van der Waals surface area (Å²) in [5, 5.41) is 10.1. The first kappa shape index (κ1) is 27.5. The molecule has 2 heterocycles. The highest BCUT2D eigenvalue weighted by molar-refractivity contribution is 6.04. The lowest BCUT2D eigenvalue weighted by atomic mass is 9.87. The fourth-order valence-corrected chi connectivity index (χ4v) is 4.59. The first-order valence-corrected chi connectivity index (χ1v) is 13.3. The summed E-state index contributed by atoms with van der Waals surface area (Å²) < 4.78 is 5.54. The largest absolute Gasteiger partial charge is 0.347 e. The van der Waals surface area contributed by atoms with Crippen molar-refractivity contribution in [1.29, 1.82) is 0 Å². The molecule has 3 aromatic rings. The number of rotatable bonds is 6. The van der Waals surface area contributed by atoms with Crippen LogP contribution in [-0.2, 0) is 16.8 Å². The van der Waals surface area contributed by atoms with Gasteiger partial charge < -0.3 is 15.2 Å². The number of piperidine rings is 1. The Labute approximate surface area is 225 Å². The molecule has 1 saturated heterocycles. The van der Waals surface area contributed by atoms with Crippen molar-refractivity contribution in [3.05, 3.63) is 65.5 Å². The average Bonchev–Trinajstić information content (AvgIpc) is 3.31. The molecule has 1 fully saturated rings. The molecule has 1 atom stereocenters. The van der Waals surface area contributed by atoms with E-state index in [-0.39, 0.29) is 28.7 Å². The molecule has 1 aromatic heterocycles. The topological polar surface area (TPSA) is 100 Å². The minimum absolute atomic E-state index is 0.0823. The number of hydrogen-bond donors (Lipinski definition) is 2. The molecule has 0 spiro atoms. The summed E-state index contributed by atoms with van der Waals surface area (Å²) in [6.07, 6.45) is 1.67. The number of likely N-dealkylation sites (tertiary alicyclic amines) is 1. The third kappa shape index (κ3) is 7.07. The molecule has 0 bridgehead atoms. The van der Waals surface area contributed by atoms with Crippen LogP contribution in [0.25, 0.3) is 11.4 Å². The van der Waals surface area contributed by atoms with Crippen LogP contribution in [0.1, 0.15) is 76.2 Å². The van der Waals surface area contributed by atoms with Crippen LogP contribution in [0, 0.1) is 5.92 Å². The first-order valence-electron chi connectivity index (χ1n) is 13.3. The number of benzene rings is 2. The van der Waals surface area contributed by atoms with Crippen LogP contribution in [0.3, 0.4) is 0 Å². The van der Waals surface area contributed by atoms with Crippen LogP contribution in [-0.4, -0.2) is 45.5 Å². The number of para-hydroxylation sites is 1. The van der Waals surface area contributed by atoms with E-state index < -0.39 is 0 Å². The van der Waals surface area contributed by atoms with Crippen LogP contribution >= 0.6 is 0 Å². The summed E-state index contributed by atoms with van der Waals surface area (Å²) in [7, 11) is 0. The Kier molecular flexibility index (Phi) is 8.02. The van der Waals surface area contributed by atoms with E-state index in [1.165, 1.54) is 5.56 Å². The molecular formula is C30H39N5O3. The third-order valence-corrected chi connectivity index (χ3v) is 6.63. The van der Waals surface area contributed by atoms with E-state index in [1.54, 1.807) is 18.2 Å². The van der Waals surface area contributed by atoms with E-state index in [1.807, 2.05) is 39.0 Å². The van der Waals surface area contributed by atoms with Gasteiger partial charge in [-0.3, -0.25) is 14.5 Å². The molecule has 8 heteroatoms. The van der Waals surface area contributed by atoms with Crippen LogP contribution in [0.15, 0.2) is 53.1 Å². The number of aromatic nitrogens is 2. The molecule has 0 saturated carbocycles. The normalized spacial score (nSPS) is 16.7. The number of anilines is 1. The highest BCUT2D eigenvalue weighted by atomic mass is 16.5. The standard InChI is InChI=1S/C30H39N5O3/c1-29(2,3)22-15-13-20(14-16-22)26-32-25(38-34-26)19-35-17-9-10-21(18-35)27(36)31-24-12-8-7-11-23(24)28(37)33-30(4,5)6/h7-8,11-16,21H,9-10,17-19H2,1-6H3,(H,31,36)(H,33,37). The SMILES string of the molecule is CC(C)(C)NC(=O)c1ccccc1NC(=O)C1CCCN(Cc2nc(-c3ccc(C(C)(C)C)cc3)no2)C1. The maximum absolute atomic E-state index is 13.2. The molecule has 202 valence electrons. The maximum atomic E-state index is 13.2. The zero-order valence-corrected chi connectivity index (χ0v) is 23.3. The Bertz CT molecular complexity index is 1270. The number of carbonyl (C=O) groups is 2. The molecule has 1 aliphatic rings. The Morgan fingerprint density at radius 2 is 1.74 bits per heavy atom. The van der Waals surface area contributed by atoms with Crippen molar-refractivity contribution in [2.24, 2.45) is 5.92 Å². The molecule has 2 amide bonds. The van der Waals surface area contributed by atoms with Crippen molar-refractivity contribution in [2.45, 2.75) is 71.9 Å². The fraction of sp³-hybridized carbons (Fsp3) is 0.467. The predicted molar refractivity (Wildman–Crippen MR) is 149 cm³/mol. The molecule has 0 radical (unpaired) electrons. The number of nitrogens with zero attached hydrogens (tertiary/aromatic N) is 3. The number of nitrogens with one attached hydrogen (secondary N) is 2. The van der Waals surface area contributed by atoms with E-state index >= 15 is 0 Å². The average molecular weight is 518 g/mol. The summed E-state index contributed by atoms with van der Waals surface area (Å²) in [6, 6.07) is 15.4. The zero-order valence-electron chi connectivity index (χ0n) is 23.3. The van der Waals surface area contributed by atoms with Gasteiger partial charge in [-0.2, -0.15) is 4.98 Å². The van der Waals surface area contributed by atoms with Crippen LogP contribution in [0.2, 0.25) is 0 Å². The predicted octanol–water partition coefficient (Wildman–Crippen LogP) is 5.41. The Balaban J connectivity index is 1.37. The number of carbonyl (C=O) groups excluding carboxylic acids is 2. The van der Waals surface area contributed by atoms with Gasteiger partial charge in [-0.15, -0.1) is 0 Å². The summed E-state index contributed by atoms with van der Waals surface area (Å²) >= 11 is 0. The van der Waals surface area contributed by atoms with E-state index in [0.717, 1.165) is 24.9 Å². The molecule has 2 aromatic carbocycles. The van der Waals surface area contributed by atoms with Crippen molar-refractivity contribution in [3.8, 4) is 11.4 Å². The molecule has 38 heavy (non-hydrogen) atoms.